The topological polar surface area (TPSA) is 0 Å². The minimum atomic E-state index is 0.642. The lowest BCUT2D eigenvalue weighted by molar-refractivity contribution is 0.897. The maximum Gasteiger partial charge on any atom is 0.0108 e. The maximum atomic E-state index is 3.59. The molecule has 78 valence electrons. The summed E-state index contributed by atoms with van der Waals surface area (Å²) in [5.74, 6) is 1.84. The van der Waals surface area contributed by atoms with Crippen molar-refractivity contribution in [3.8, 4) is 0 Å². The van der Waals surface area contributed by atoms with Gasteiger partial charge in [-0.05, 0) is 10.8 Å². The quantitative estimate of drug-likeness (QED) is 0.720. The molecule has 0 saturated heterocycles. The Morgan fingerprint density at radius 3 is 2.36 bits per heavy atom. The third kappa shape index (κ3) is 4.05. The van der Waals surface area contributed by atoms with E-state index < -0.39 is 0 Å². The molecule has 0 aliphatic rings. The number of thioether (sulfide) groups is 1. The van der Waals surface area contributed by atoms with Crippen molar-refractivity contribution in [3.63, 3.8) is 0 Å². The van der Waals surface area contributed by atoms with Gasteiger partial charge in [-0.3, -0.25) is 0 Å². The average molecular weight is 273 g/mol. The smallest absolute Gasteiger partial charge is 0.0108 e. The minimum Gasteiger partial charge on any atom is -0.158 e. The summed E-state index contributed by atoms with van der Waals surface area (Å²) >= 11 is 5.62. The second kappa shape index (κ2) is 6.52. The fourth-order valence-electron chi connectivity index (χ4n) is 1.26. The number of rotatable bonds is 5. The number of alkyl halides is 1. The van der Waals surface area contributed by atoms with Crippen LogP contribution >= 0.6 is 27.7 Å². The van der Waals surface area contributed by atoms with E-state index in [0.717, 1.165) is 10.6 Å². The van der Waals surface area contributed by atoms with Gasteiger partial charge < -0.3 is 0 Å². The fraction of sp³-hybridized carbons (Fsp3) is 0.500. The van der Waals surface area contributed by atoms with Crippen molar-refractivity contribution in [2.24, 2.45) is 0 Å². The highest BCUT2D eigenvalue weighted by atomic mass is 79.9. The van der Waals surface area contributed by atoms with Crippen molar-refractivity contribution in [1.29, 1.82) is 0 Å². The molecule has 14 heavy (non-hydrogen) atoms. The van der Waals surface area contributed by atoms with E-state index in [1.807, 2.05) is 11.8 Å². The molecule has 0 saturated carbocycles. The van der Waals surface area contributed by atoms with Gasteiger partial charge in [-0.2, -0.15) is 11.8 Å². The van der Waals surface area contributed by atoms with Crippen molar-refractivity contribution in [3.05, 3.63) is 35.9 Å². The lowest BCUT2D eigenvalue weighted by Gasteiger charge is -2.15. The van der Waals surface area contributed by atoms with E-state index in [1.165, 1.54) is 11.3 Å². The van der Waals surface area contributed by atoms with E-state index in [-0.39, 0.29) is 0 Å². The molecule has 1 aromatic carbocycles. The standard InChI is InChI=1S/C12H17BrS/c1-10(2)14-9-12(8-13)11-6-4-3-5-7-11/h3-7,10,12H,8-9H2,1-2H3. The van der Waals surface area contributed by atoms with E-state index in [9.17, 15) is 0 Å². The molecule has 0 aromatic heterocycles. The molecule has 0 radical (unpaired) electrons. The van der Waals surface area contributed by atoms with E-state index in [4.69, 9.17) is 0 Å². The number of benzene rings is 1. The van der Waals surface area contributed by atoms with Gasteiger partial charge in [0.1, 0.15) is 0 Å². The fourth-order valence-corrected chi connectivity index (χ4v) is 3.10. The van der Waals surface area contributed by atoms with Crippen molar-refractivity contribution < 1.29 is 0 Å². The second-order valence-corrected chi connectivity index (χ2v) is 5.90. The van der Waals surface area contributed by atoms with Crippen molar-refractivity contribution in [2.75, 3.05) is 11.1 Å². The van der Waals surface area contributed by atoms with Crippen LogP contribution < -0.4 is 0 Å². The Hall–Kier alpha value is 0.0500. The van der Waals surface area contributed by atoms with Crippen LogP contribution in [0.4, 0.5) is 0 Å². The molecule has 0 amide bonds. The summed E-state index contributed by atoms with van der Waals surface area (Å²) in [6, 6.07) is 10.7. The molecule has 0 spiro atoms. The highest BCUT2D eigenvalue weighted by molar-refractivity contribution is 9.09. The van der Waals surface area contributed by atoms with E-state index in [0.29, 0.717) is 5.92 Å². The van der Waals surface area contributed by atoms with Gasteiger partial charge >= 0.3 is 0 Å². The van der Waals surface area contributed by atoms with Crippen LogP contribution in [0.2, 0.25) is 0 Å². The molecular weight excluding hydrogens is 256 g/mol. The van der Waals surface area contributed by atoms with Crippen molar-refractivity contribution in [2.45, 2.75) is 25.0 Å². The molecule has 0 N–H and O–H groups in total. The Bertz CT molecular complexity index is 246. The SMILES string of the molecule is CC(C)SCC(CBr)c1ccccc1. The summed E-state index contributed by atoms with van der Waals surface area (Å²) in [5.41, 5.74) is 1.44. The van der Waals surface area contributed by atoms with E-state index >= 15 is 0 Å². The lowest BCUT2D eigenvalue weighted by Crippen LogP contribution is -2.05. The Balaban J connectivity index is 2.54. The molecule has 0 aliphatic carbocycles. The third-order valence-electron chi connectivity index (χ3n) is 2.09. The Morgan fingerprint density at radius 2 is 1.86 bits per heavy atom. The highest BCUT2D eigenvalue weighted by Crippen LogP contribution is 2.24. The van der Waals surface area contributed by atoms with Gasteiger partial charge in [-0.15, -0.1) is 0 Å². The third-order valence-corrected chi connectivity index (χ3v) is 4.13. The van der Waals surface area contributed by atoms with Gasteiger partial charge in [-0.25, -0.2) is 0 Å². The molecule has 0 nitrogen and oxygen atoms in total. The predicted octanol–water partition coefficient (Wildman–Crippen LogP) is 4.31. The van der Waals surface area contributed by atoms with Gasteiger partial charge in [0.2, 0.25) is 0 Å². The Labute approximate surface area is 99.6 Å². The molecular formula is C12H17BrS. The van der Waals surface area contributed by atoms with Crippen LogP contribution in [0, 0.1) is 0 Å². The van der Waals surface area contributed by atoms with Crippen LogP contribution in [-0.2, 0) is 0 Å². The first-order valence-electron chi connectivity index (χ1n) is 4.96. The van der Waals surface area contributed by atoms with E-state index in [2.05, 4.69) is 60.1 Å². The highest BCUT2D eigenvalue weighted by Gasteiger charge is 2.10. The molecule has 0 fully saturated rings. The van der Waals surface area contributed by atoms with E-state index in [1.54, 1.807) is 0 Å². The van der Waals surface area contributed by atoms with Gasteiger partial charge in [0.05, 0.1) is 0 Å². The van der Waals surface area contributed by atoms with Crippen LogP contribution in [0.15, 0.2) is 30.3 Å². The minimum absolute atomic E-state index is 0.642. The summed E-state index contributed by atoms with van der Waals surface area (Å²) in [6.07, 6.45) is 0. The molecule has 2 heteroatoms. The zero-order valence-electron chi connectivity index (χ0n) is 8.74. The lowest BCUT2D eigenvalue weighted by atomic mass is 10.0. The van der Waals surface area contributed by atoms with Crippen molar-refractivity contribution >= 4 is 27.7 Å². The summed E-state index contributed by atoms with van der Waals surface area (Å²) < 4.78 is 0. The average Bonchev–Trinajstić information content (AvgIpc) is 2.20. The Morgan fingerprint density at radius 1 is 1.21 bits per heavy atom. The van der Waals surface area contributed by atoms with Crippen LogP contribution in [0.3, 0.4) is 0 Å². The Kier molecular flexibility index (Phi) is 5.64. The van der Waals surface area contributed by atoms with Crippen LogP contribution in [0.5, 0.6) is 0 Å². The summed E-state index contributed by atoms with van der Waals surface area (Å²) in [7, 11) is 0. The molecule has 0 bridgehead atoms. The number of halogens is 1. The summed E-state index contributed by atoms with van der Waals surface area (Å²) in [4.78, 5) is 0. The largest absolute Gasteiger partial charge is 0.158 e. The molecule has 1 atom stereocenters. The number of hydrogen-bond acceptors (Lipinski definition) is 1. The molecule has 0 aliphatic heterocycles. The van der Waals surface area contributed by atoms with Crippen LogP contribution in [0.25, 0.3) is 0 Å². The monoisotopic (exact) mass is 272 g/mol. The maximum absolute atomic E-state index is 3.59. The zero-order chi connectivity index (χ0) is 10.4. The van der Waals surface area contributed by atoms with Crippen molar-refractivity contribution in [1.82, 2.24) is 0 Å². The molecule has 1 unspecified atom stereocenters. The molecule has 1 rings (SSSR count). The zero-order valence-corrected chi connectivity index (χ0v) is 11.1. The second-order valence-electron chi connectivity index (χ2n) is 3.64. The summed E-state index contributed by atoms with van der Waals surface area (Å²) in [5, 5.41) is 1.77. The van der Waals surface area contributed by atoms with Crippen LogP contribution in [-0.4, -0.2) is 16.3 Å². The first kappa shape index (κ1) is 12.1. The number of hydrogen-bond donors (Lipinski definition) is 0. The predicted molar refractivity (Wildman–Crippen MR) is 70.6 cm³/mol. The van der Waals surface area contributed by atoms with Crippen LogP contribution in [0.1, 0.15) is 25.3 Å². The van der Waals surface area contributed by atoms with Gasteiger partial charge in [0.15, 0.2) is 0 Å². The molecule has 0 heterocycles. The first-order valence-corrected chi connectivity index (χ1v) is 7.13. The van der Waals surface area contributed by atoms with Gasteiger partial charge in [0, 0.05) is 17.0 Å². The van der Waals surface area contributed by atoms with Gasteiger partial charge in [-0.1, -0.05) is 60.1 Å². The van der Waals surface area contributed by atoms with Gasteiger partial charge in [0.25, 0.3) is 0 Å². The summed E-state index contributed by atoms with van der Waals surface area (Å²) in [6.45, 7) is 4.50. The first-order chi connectivity index (χ1) is 6.74. The molecule has 1 aromatic rings. The normalized spacial score (nSPS) is 13.1.